The molecule has 0 unspecified atom stereocenters. The number of nitrogens with zero attached hydrogens (tertiary/aromatic N) is 2. The number of hydrogen-bond donors (Lipinski definition) is 0. The van der Waals surface area contributed by atoms with Gasteiger partial charge in [-0.3, -0.25) is 0 Å². The van der Waals surface area contributed by atoms with Gasteiger partial charge in [0.2, 0.25) is 5.39 Å². The van der Waals surface area contributed by atoms with Crippen molar-refractivity contribution in [1.82, 2.24) is 0 Å². The van der Waals surface area contributed by atoms with Crippen LogP contribution in [0, 0.1) is 5.39 Å². The fourth-order valence-corrected chi connectivity index (χ4v) is 1.46. The van der Waals surface area contributed by atoms with Crippen LogP contribution in [-0.2, 0) is 4.74 Å². The molecule has 1 heterocycles. The smallest absolute Gasteiger partial charge is 0.389 e. The van der Waals surface area contributed by atoms with Crippen molar-refractivity contribution in [3.05, 3.63) is 22.7 Å². The monoisotopic (exact) mass is 221 g/mol. The van der Waals surface area contributed by atoms with Gasteiger partial charge in [-0.25, -0.2) is 4.79 Å². The van der Waals surface area contributed by atoms with Crippen molar-refractivity contribution in [3.63, 3.8) is 0 Å². The molecule has 2 rings (SSSR count). The predicted molar refractivity (Wildman–Crippen MR) is 53.5 cm³/mol. The molecule has 1 aromatic rings. The fourth-order valence-electron chi connectivity index (χ4n) is 1.46. The van der Waals surface area contributed by atoms with E-state index in [0.29, 0.717) is 24.7 Å². The molecule has 0 bridgehead atoms. The van der Waals surface area contributed by atoms with Gasteiger partial charge in [-0.15, -0.1) is 0 Å². The number of hydrogen-bond acceptors (Lipinski definition) is 5. The molecule has 1 aromatic carbocycles. The molecule has 0 aliphatic carbocycles. The molecule has 0 N–H and O–H groups in total. The number of carbonyl (C=O) groups is 1. The molecule has 0 atom stereocenters. The Balaban J connectivity index is 2.57. The third-order valence-electron chi connectivity index (χ3n) is 2.15. The van der Waals surface area contributed by atoms with Gasteiger partial charge in [0, 0.05) is 0 Å². The van der Waals surface area contributed by atoms with Crippen LogP contribution in [0.4, 0.5) is 5.69 Å². The van der Waals surface area contributed by atoms with Gasteiger partial charge < -0.3 is 14.2 Å². The van der Waals surface area contributed by atoms with E-state index in [0.717, 1.165) is 0 Å². The van der Waals surface area contributed by atoms with E-state index in [4.69, 9.17) is 14.9 Å². The van der Waals surface area contributed by atoms with Gasteiger partial charge in [-0.1, -0.05) is 0 Å². The summed E-state index contributed by atoms with van der Waals surface area (Å²) in [5.74, 6) is 0.139. The summed E-state index contributed by atoms with van der Waals surface area (Å²) in [7, 11) is 1.27. The van der Waals surface area contributed by atoms with Crippen molar-refractivity contribution in [2.45, 2.75) is 0 Å². The zero-order chi connectivity index (χ0) is 11.5. The highest BCUT2D eigenvalue weighted by molar-refractivity contribution is 5.95. The lowest BCUT2D eigenvalue weighted by atomic mass is 10.1. The molecule has 6 nitrogen and oxygen atoms in total. The average Bonchev–Trinajstić information content (AvgIpc) is 2.36. The van der Waals surface area contributed by atoms with Crippen LogP contribution >= 0.6 is 0 Å². The molecule has 16 heavy (non-hydrogen) atoms. The Morgan fingerprint density at radius 2 is 2.19 bits per heavy atom. The summed E-state index contributed by atoms with van der Waals surface area (Å²) in [6.07, 6.45) is 0. The topological polar surface area (TPSA) is 72.9 Å². The Labute approximate surface area is 91.3 Å². The first-order valence-electron chi connectivity index (χ1n) is 4.63. The van der Waals surface area contributed by atoms with E-state index >= 15 is 0 Å². The van der Waals surface area contributed by atoms with Crippen LogP contribution in [0.3, 0.4) is 0 Å². The first-order valence-corrected chi connectivity index (χ1v) is 4.63. The molecule has 0 amide bonds. The molecule has 0 radical (unpaired) electrons. The number of esters is 1. The largest absolute Gasteiger partial charge is 0.486 e. The molecule has 0 spiro atoms. The highest BCUT2D eigenvalue weighted by Crippen LogP contribution is 2.38. The van der Waals surface area contributed by atoms with E-state index in [1.54, 1.807) is 0 Å². The number of ether oxygens (including phenoxy) is 3. The normalized spacial score (nSPS) is 12.8. The number of benzene rings is 1. The molecular weight excluding hydrogens is 212 g/mol. The third kappa shape index (κ3) is 1.63. The van der Waals surface area contributed by atoms with Crippen LogP contribution < -0.4 is 9.47 Å². The number of fused-ring (bicyclic) bond motifs is 1. The lowest BCUT2D eigenvalue weighted by Gasteiger charge is -2.19. The first kappa shape index (κ1) is 10.2. The Kier molecular flexibility index (Phi) is 2.60. The summed E-state index contributed by atoms with van der Waals surface area (Å²) in [5, 5.41) is 8.69. The minimum atomic E-state index is -0.563. The van der Waals surface area contributed by atoms with Crippen molar-refractivity contribution in [3.8, 4) is 11.5 Å². The number of rotatable bonds is 1. The second kappa shape index (κ2) is 4.06. The second-order valence-corrected chi connectivity index (χ2v) is 3.11. The van der Waals surface area contributed by atoms with Gasteiger partial charge >= 0.3 is 11.7 Å². The van der Waals surface area contributed by atoms with Crippen LogP contribution in [-0.4, -0.2) is 26.3 Å². The molecular formula is C10H9N2O4+. The zero-order valence-electron chi connectivity index (χ0n) is 8.60. The number of diazo groups is 1. The van der Waals surface area contributed by atoms with E-state index in [9.17, 15) is 4.79 Å². The summed E-state index contributed by atoms with van der Waals surface area (Å²) in [6.45, 7) is 0.759. The predicted octanol–water partition coefficient (Wildman–Crippen LogP) is 1.73. The third-order valence-corrected chi connectivity index (χ3v) is 2.15. The van der Waals surface area contributed by atoms with E-state index in [2.05, 4.69) is 9.71 Å². The second-order valence-electron chi connectivity index (χ2n) is 3.11. The van der Waals surface area contributed by atoms with Crippen molar-refractivity contribution >= 4 is 11.7 Å². The van der Waals surface area contributed by atoms with Crippen molar-refractivity contribution in [2.75, 3.05) is 20.3 Å². The number of methoxy groups -OCH3 is 1. The van der Waals surface area contributed by atoms with Crippen LogP contribution in [0.5, 0.6) is 11.5 Å². The summed E-state index contributed by atoms with van der Waals surface area (Å²) >= 11 is 0. The maximum atomic E-state index is 11.5. The van der Waals surface area contributed by atoms with Gasteiger partial charge in [0.1, 0.15) is 18.8 Å². The Morgan fingerprint density at radius 1 is 1.44 bits per heavy atom. The molecule has 0 aromatic heterocycles. The van der Waals surface area contributed by atoms with E-state index < -0.39 is 5.97 Å². The van der Waals surface area contributed by atoms with Crippen LogP contribution in [0.2, 0.25) is 0 Å². The van der Waals surface area contributed by atoms with E-state index in [-0.39, 0.29) is 11.3 Å². The van der Waals surface area contributed by atoms with Gasteiger partial charge in [-0.05, 0) is 0 Å². The lowest BCUT2D eigenvalue weighted by Crippen LogP contribution is -2.18. The lowest BCUT2D eigenvalue weighted by molar-refractivity contribution is 0.0590. The SMILES string of the molecule is COC(=O)c1cc([N+]#N)cc2c1OCCO2. The minimum absolute atomic E-state index is 0.188. The van der Waals surface area contributed by atoms with Crippen molar-refractivity contribution in [1.29, 1.82) is 5.39 Å². The zero-order valence-corrected chi connectivity index (χ0v) is 8.60. The van der Waals surface area contributed by atoms with Crippen LogP contribution in [0.15, 0.2) is 12.1 Å². The fraction of sp³-hybridized carbons (Fsp3) is 0.300. The van der Waals surface area contributed by atoms with Crippen LogP contribution in [0.1, 0.15) is 10.4 Å². The molecule has 0 fully saturated rings. The van der Waals surface area contributed by atoms with Crippen molar-refractivity contribution < 1.29 is 19.0 Å². The summed E-state index contributed by atoms with van der Waals surface area (Å²) in [6, 6.07) is 2.86. The van der Waals surface area contributed by atoms with Gasteiger partial charge in [0.25, 0.3) is 0 Å². The minimum Gasteiger partial charge on any atom is -0.486 e. The standard InChI is InChI=1S/C10H9N2O4/c1-14-10(13)7-4-6(12-11)5-8-9(7)16-3-2-15-8/h4-5H,2-3H2,1H3/q+1. The maximum Gasteiger partial charge on any atom is 0.389 e. The Morgan fingerprint density at radius 3 is 2.88 bits per heavy atom. The van der Waals surface area contributed by atoms with Gasteiger partial charge in [0.15, 0.2) is 16.5 Å². The molecule has 1 aliphatic rings. The average molecular weight is 221 g/mol. The highest BCUT2D eigenvalue weighted by Gasteiger charge is 2.26. The molecule has 6 heteroatoms. The molecule has 0 saturated carbocycles. The van der Waals surface area contributed by atoms with Crippen molar-refractivity contribution in [2.24, 2.45) is 0 Å². The van der Waals surface area contributed by atoms with E-state index in [1.165, 1.54) is 19.2 Å². The molecule has 0 saturated heterocycles. The van der Waals surface area contributed by atoms with Gasteiger partial charge in [0.05, 0.1) is 19.2 Å². The Hall–Kier alpha value is -2.29. The Bertz CT molecular complexity index is 478. The summed E-state index contributed by atoms with van der Waals surface area (Å²) < 4.78 is 15.2. The molecule has 82 valence electrons. The quantitative estimate of drug-likeness (QED) is 0.533. The maximum absolute atomic E-state index is 11.5. The van der Waals surface area contributed by atoms with E-state index in [1.807, 2.05) is 0 Å². The van der Waals surface area contributed by atoms with Crippen LogP contribution in [0.25, 0.3) is 4.98 Å². The molecule has 1 aliphatic heterocycles. The highest BCUT2D eigenvalue weighted by atomic mass is 16.6. The number of carbonyl (C=O) groups excluding carboxylic acids is 1. The first-order chi connectivity index (χ1) is 7.76. The summed E-state index contributed by atoms with van der Waals surface area (Å²) in [4.78, 5) is 14.5. The van der Waals surface area contributed by atoms with Gasteiger partial charge in [-0.2, -0.15) is 0 Å². The summed E-state index contributed by atoms with van der Waals surface area (Å²) in [5.41, 5.74) is 0.400.